The number of methoxy groups -OCH3 is 1. The molecule has 2 rings (SSSR count). The van der Waals surface area contributed by atoms with Crippen molar-refractivity contribution >= 4 is 44.7 Å². The van der Waals surface area contributed by atoms with Gasteiger partial charge in [-0.3, -0.25) is 0 Å². The summed E-state index contributed by atoms with van der Waals surface area (Å²) in [5.41, 5.74) is -0.0169. The number of benzene rings is 1. The number of halogens is 1. The van der Waals surface area contributed by atoms with Crippen molar-refractivity contribution in [2.75, 3.05) is 13.4 Å². The Bertz CT molecular complexity index is 718. The molecule has 7 nitrogen and oxygen atoms in total. The molecule has 1 aliphatic heterocycles. The van der Waals surface area contributed by atoms with Crippen LogP contribution in [0.3, 0.4) is 0 Å². The van der Waals surface area contributed by atoms with E-state index in [2.05, 4.69) is 9.46 Å². The first-order valence-corrected chi connectivity index (χ1v) is 8.58. The average Bonchev–Trinajstić information content (AvgIpc) is 2.82. The molecule has 0 amide bonds. The summed E-state index contributed by atoms with van der Waals surface area (Å²) in [6.45, 7) is 0. The predicted molar refractivity (Wildman–Crippen MR) is 75.9 cm³/mol. The summed E-state index contributed by atoms with van der Waals surface area (Å²) in [7, 11) is -2.46. The van der Waals surface area contributed by atoms with E-state index >= 15 is 0 Å². The van der Waals surface area contributed by atoms with Gasteiger partial charge in [0.1, 0.15) is 0 Å². The van der Waals surface area contributed by atoms with E-state index < -0.39 is 27.3 Å². The minimum absolute atomic E-state index is 0.000386. The number of rotatable bonds is 3. The first-order valence-electron chi connectivity index (χ1n) is 5.49. The van der Waals surface area contributed by atoms with Gasteiger partial charge in [0.05, 0.1) is 22.6 Å². The van der Waals surface area contributed by atoms with Crippen molar-refractivity contribution in [1.82, 2.24) is 4.72 Å². The Hall–Kier alpha value is -1.29. The second kappa shape index (κ2) is 5.84. The molecule has 10 heteroatoms. The number of sulfone groups is 1. The van der Waals surface area contributed by atoms with Gasteiger partial charge in [-0.25, -0.2) is 22.7 Å². The SMILES string of the molecule is COC(=O)c1ccc(S(C)(=O)=O)c(C2NSC(=O)O2)c1Cl. The van der Waals surface area contributed by atoms with Crippen LogP contribution in [0.5, 0.6) is 0 Å². The molecule has 0 saturated carbocycles. The van der Waals surface area contributed by atoms with Gasteiger partial charge in [0.2, 0.25) is 0 Å². The Kier molecular flexibility index (Phi) is 4.47. The molecule has 1 atom stereocenters. The Morgan fingerprint density at radius 3 is 2.62 bits per heavy atom. The average molecular weight is 352 g/mol. The largest absolute Gasteiger partial charge is 0.465 e. The third kappa shape index (κ3) is 3.15. The van der Waals surface area contributed by atoms with E-state index in [1.165, 1.54) is 19.2 Å². The smallest absolute Gasteiger partial charge is 0.384 e. The summed E-state index contributed by atoms with van der Waals surface area (Å²) < 4.78 is 35.8. The van der Waals surface area contributed by atoms with E-state index in [-0.39, 0.29) is 21.0 Å². The normalized spacial score (nSPS) is 18.4. The molecule has 1 unspecified atom stereocenters. The molecular formula is C11H10ClNO6S2. The standard InChI is InChI=1S/C11H10ClNO6S2/c1-18-10(14)5-3-4-6(21(2,16)17)7(8(5)12)9-13-20-11(15)19-9/h3-4,9,13H,1-2H3. The third-order valence-electron chi connectivity index (χ3n) is 2.67. The van der Waals surface area contributed by atoms with Gasteiger partial charge in [0, 0.05) is 23.8 Å². The van der Waals surface area contributed by atoms with E-state index in [0.29, 0.717) is 11.9 Å². The second-order valence-electron chi connectivity index (χ2n) is 4.07. The van der Waals surface area contributed by atoms with Gasteiger partial charge in [-0.2, -0.15) is 0 Å². The predicted octanol–water partition coefficient (Wildman–Crippen LogP) is 1.92. The van der Waals surface area contributed by atoms with E-state index in [1.807, 2.05) is 0 Å². The minimum Gasteiger partial charge on any atom is -0.465 e. The monoisotopic (exact) mass is 351 g/mol. The molecule has 0 spiro atoms. The fourth-order valence-corrected chi connectivity index (χ4v) is 3.61. The molecule has 114 valence electrons. The zero-order valence-electron chi connectivity index (χ0n) is 10.9. The first kappa shape index (κ1) is 16.1. The Morgan fingerprint density at radius 1 is 1.48 bits per heavy atom. The zero-order chi connectivity index (χ0) is 15.8. The second-order valence-corrected chi connectivity index (χ2v) is 7.21. The number of cyclic esters (lactones) is 1. The number of carbonyl (C=O) groups is 2. The van der Waals surface area contributed by atoms with Gasteiger partial charge in [-0.05, 0) is 12.1 Å². The lowest BCUT2D eigenvalue weighted by Gasteiger charge is -2.16. The molecule has 1 heterocycles. The molecule has 1 aliphatic rings. The van der Waals surface area contributed by atoms with Crippen molar-refractivity contribution in [2.45, 2.75) is 11.1 Å². The van der Waals surface area contributed by atoms with E-state index in [4.69, 9.17) is 16.3 Å². The summed E-state index contributed by atoms with van der Waals surface area (Å²) in [6.07, 6.45) is -0.0755. The highest BCUT2D eigenvalue weighted by molar-refractivity contribution is 8.11. The molecule has 1 aromatic carbocycles. The summed E-state index contributed by atoms with van der Waals surface area (Å²) in [6, 6.07) is 2.47. The highest BCUT2D eigenvalue weighted by atomic mass is 35.5. The van der Waals surface area contributed by atoms with Crippen LogP contribution in [0.15, 0.2) is 17.0 Å². The number of hydrogen-bond acceptors (Lipinski definition) is 8. The summed E-state index contributed by atoms with van der Waals surface area (Å²) >= 11 is 6.78. The van der Waals surface area contributed by atoms with Crippen molar-refractivity contribution < 1.29 is 27.5 Å². The third-order valence-corrected chi connectivity index (χ3v) is 4.83. The van der Waals surface area contributed by atoms with Crippen molar-refractivity contribution in [3.8, 4) is 0 Å². The van der Waals surface area contributed by atoms with Crippen LogP contribution in [0.4, 0.5) is 4.79 Å². The molecule has 1 saturated heterocycles. The lowest BCUT2D eigenvalue weighted by molar-refractivity contribution is 0.0600. The maximum Gasteiger partial charge on any atom is 0.384 e. The van der Waals surface area contributed by atoms with Crippen LogP contribution in [0.25, 0.3) is 0 Å². The fraction of sp³-hybridized carbons (Fsp3) is 0.273. The van der Waals surface area contributed by atoms with Gasteiger partial charge in [-0.15, -0.1) is 0 Å². The van der Waals surface area contributed by atoms with E-state index in [1.54, 1.807) is 0 Å². The number of carbonyl (C=O) groups excluding carboxylic acids is 2. The summed E-state index contributed by atoms with van der Waals surface area (Å²) in [4.78, 5) is 22.7. The molecule has 1 fully saturated rings. The maximum absolute atomic E-state index is 11.8. The highest BCUT2D eigenvalue weighted by Crippen LogP contribution is 2.37. The van der Waals surface area contributed by atoms with Crippen molar-refractivity contribution in [3.05, 3.63) is 28.3 Å². The molecule has 1 aromatic rings. The number of esters is 1. The highest BCUT2D eigenvalue weighted by Gasteiger charge is 2.33. The topological polar surface area (TPSA) is 98.8 Å². The first-order chi connectivity index (χ1) is 9.75. The summed E-state index contributed by atoms with van der Waals surface area (Å²) in [5.74, 6) is -0.724. The molecular weight excluding hydrogens is 342 g/mol. The van der Waals surface area contributed by atoms with Crippen LogP contribution in [0.1, 0.15) is 22.1 Å². The maximum atomic E-state index is 11.8. The molecule has 0 aliphatic carbocycles. The number of nitrogens with one attached hydrogen (secondary N) is 1. The van der Waals surface area contributed by atoms with Crippen molar-refractivity contribution in [2.24, 2.45) is 0 Å². The molecule has 1 N–H and O–H groups in total. The Morgan fingerprint density at radius 2 is 2.14 bits per heavy atom. The Labute approximate surface area is 130 Å². The summed E-state index contributed by atoms with van der Waals surface area (Å²) in [5, 5.41) is -0.767. The quantitative estimate of drug-likeness (QED) is 0.651. The molecule has 21 heavy (non-hydrogen) atoms. The van der Waals surface area contributed by atoms with Crippen LogP contribution in [0.2, 0.25) is 5.02 Å². The minimum atomic E-state index is -3.64. The van der Waals surface area contributed by atoms with E-state index in [0.717, 1.165) is 6.26 Å². The molecule has 0 radical (unpaired) electrons. The lowest BCUT2D eigenvalue weighted by atomic mass is 10.1. The van der Waals surface area contributed by atoms with Gasteiger partial charge < -0.3 is 9.47 Å². The number of ether oxygens (including phenoxy) is 2. The van der Waals surface area contributed by atoms with Gasteiger partial charge >= 0.3 is 11.3 Å². The lowest BCUT2D eigenvalue weighted by Crippen LogP contribution is -2.17. The van der Waals surface area contributed by atoms with Crippen LogP contribution in [-0.2, 0) is 19.3 Å². The Balaban J connectivity index is 2.67. The van der Waals surface area contributed by atoms with Crippen LogP contribution in [0, 0.1) is 0 Å². The van der Waals surface area contributed by atoms with Crippen LogP contribution < -0.4 is 4.72 Å². The van der Waals surface area contributed by atoms with Crippen LogP contribution in [-0.4, -0.2) is 33.1 Å². The van der Waals surface area contributed by atoms with Crippen molar-refractivity contribution in [3.63, 3.8) is 0 Å². The fourth-order valence-electron chi connectivity index (χ4n) is 1.77. The van der Waals surface area contributed by atoms with E-state index in [9.17, 15) is 18.0 Å². The number of hydrogen-bond donors (Lipinski definition) is 1. The molecule has 0 bridgehead atoms. The van der Waals surface area contributed by atoms with Gasteiger partial charge in [0.25, 0.3) is 0 Å². The van der Waals surface area contributed by atoms with Gasteiger partial charge in [0.15, 0.2) is 16.1 Å². The van der Waals surface area contributed by atoms with Crippen molar-refractivity contribution in [1.29, 1.82) is 0 Å². The van der Waals surface area contributed by atoms with Gasteiger partial charge in [-0.1, -0.05) is 11.6 Å². The van der Waals surface area contributed by atoms with Crippen LogP contribution >= 0.6 is 23.5 Å². The zero-order valence-corrected chi connectivity index (χ0v) is 13.3. The molecule has 0 aromatic heterocycles.